The number of carbonyl (C=O) groups is 2. The molecule has 0 saturated carbocycles. The molecule has 0 aromatic heterocycles. The minimum atomic E-state index is -1.05. The first kappa shape index (κ1) is 15.7. The summed E-state index contributed by atoms with van der Waals surface area (Å²) in [4.78, 5) is 26.3. The molecular weight excluding hydrogens is 320 g/mol. The van der Waals surface area contributed by atoms with E-state index in [0.29, 0.717) is 41.2 Å². The fraction of sp³-hybridized carbons (Fsp3) is 0.300. The molecule has 0 unspecified atom stereocenters. The van der Waals surface area contributed by atoms with E-state index in [0.717, 1.165) is 11.1 Å². The Morgan fingerprint density at radius 1 is 0.760 bits per heavy atom. The molecule has 4 rings (SSSR count). The van der Waals surface area contributed by atoms with Crippen LogP contribution in [0.1, 0.15) is 31.8 Å². The van der Waals surface area contributed by atoms with Crippen LogP contribution in [0.3, 0.4) is 0 Å². The molecule has 0 amide bonds. The Morgan fingerprint density at radius 2 is 1.36 bits per heavy atom. The van der Waals surface area contributed by atoms with Gasteiger partial charge in [0.15, 0.2) is 23.1 Å². The molecule has 0 saturated heterocycles. The van der Waals surface area contributed by atoms with Crippen molar-refractivity contribution in [1.29, 1.82) is 0 Å². The summed E-state index contributed by atoms with van der Waals surface area (Å²) in [6.07, 6.45) is 0.786. The lowest BCUT2D eigenvalue weighted by Gasteiger charge is -2.18. The van der Waals surface area contributed by atoms with E-state index in [1.54, 1.807) is 38.5 Å². The Morgan fingerprint density at radius 3 is 2.00 bits per heavy atom. The zero-order valence-electron chi connectivity index (χ0n) is 14.3. The Balaban J connectivity index is 1.80. The fourth-order valence-electron chi connectivity index (χ4n) is 4.00. The second-order valence-electron chi connectivity index (χ2n) is 6.48. The van der Waals surface area contributed by atoms with Crippen molar-refractivity contribution in [3.63, 3.8) is 0 Å². The summed E-state index contributed by atoms with van der Waals surface area (Å²) in [5.41, 5.74) is 1.81. The molecule has 0 N–H and O–H groups in total. The highest BCUT2D eigenvalue weighted by Crippen LogP contribution is 2.49. The van der Waals surface area contributed by atoms with Crippen molar-refractivity contribution in [2.75, 3.05) is 21.3 Å². The first-order valence-corrected chi connectivity index (χ1v) is 8.05. The summed E-state index contributed by atoms with van der Waals surface area (Å²) in [7, 11) is 4.67. The lowest BCUT2D eigenvalue weighted by atomic mass is 9.80. The van der Waals surface area contributed by atoms with Crippen molar-refractivity contribution >= 4 is 11.6 Å². The topological polar surface area (TPSA) is 61.8 Å². The molecule has 0 aliphatic heterocycles. The minimum Gasteiger partial charge on any atom is -0.497 e. The molecule has 2 aromatic carbocycles. The first-order valence-electron chi connectivity index (χ1n) is 8.05. The Labute approximate surface area is 145 Å². The number of benzene rings is 2. The van der Waals surface area contributed by atoms with Gasteiger partial charge in [0.25, 0.3) is 0 Å². The third-order valence-electron chi connectivity index (χ3n) is 5.26. The van der Waals surface area contributed by atoms with Crippen LogP contribution in [0.25, 0.3) is 0 Å². The summed E-state index contributed by atoms with van der Waals surface area (Å²) in [6, 6.07) is 8.84. The number of fused-ring (bicyclic) bond motifs is 2. The van der Waals surface area contributed by atoms with Crippen LogP contribution in [0.15, 0.2) is 30.3 Å². The van der Waals surface area contributed by atoms with Crippen molar-refractivity contribution in [2.24, 2.45) is 5.41 Å². The Kier molecular flexibility index (Phi) is 3.35. The molecule has 128 valence electrons. The quantitative estimate of drug-likeness (QED) is 0.805. The number of hydrogen-bond acceptors (Lipinski definition) is 5. The minimum absolute atomic E-state index is 0.107. The normalized spacial score (nSPS) is 20.6. The zero-order chi connectivity index (χ0) is 17.8. The van der Waals surface area contributed by atoms with Gasteiger partial charge >= 0.3 is 0 Å². The van der Waals surface area contributed by atoms with Gasteiger partial charge in [0.1, 0.15) is 11.2 Å². The number of carbonyl (C=O) groups excluding carboxylic acids is 2. The molecule has 2 aliphatic rings. The van der Waals surface area contributed by atoms with E-state index in [2.05, 4.69) is 0 Å². The van der Waals surface area contributed by atoms with Gasteiger partial charge in [-0.3, -0.25) is 9.59 Å². The van der Waals surface area contributed by atoms with Crippen LogP contribution in [-0.2, 0) is 12.8 Å². The van der Waals surface area contributed by atoms with Crippen molar-refractivity contribution in [3.8, 4) is 17.2 Å². The zero-order valence-corrected chi connectivity index (χ0v) is 14.3. The summed E-state index contributed by atoms with van der Waals surface area (Å²) in [5, 5.41) is 0. The van der Waals surface area contributed by atoms with Crippen LogP contribution in [0.4, 0.5) is 0 Å². The highest BCUT2D eigenvalue weighted by atomic mass is 16.5. The molecule has 0 heterocycles. The van der Waals surface area contributed by atoms with Gasteiger partial charge in [-0.25, -0.2) is 0 Å². The van der Waals surface area contributed by atoms with Gasteiger partial charge in [-0.15, -0.1) is 0 Å². The molecular formula is C20H18O5. The van der Waals surface area contributed by atoms with E-state index in [9.17, 15) is 9.59 Å². The maximum absolute atomic E-state index is 13.2. The monoisotopic (exact) mass is 338 g/mol. The number of Topliss-reactive ketones (excluding diaryl/α,β-unsaturated/α-hetero) is 2. The van der Waals surface area contributed by atoms with Crippen molar-refractivity contribution < 1.29 is 23.8 Å². The molecule has 5 heteroatoms. The molecule has 1 spiro atoms. The van der Waals surface area contributed by atoms with Gasteiger partial charge in [-0.05, 0) is 54.3 Å². The maximum Gasteiger partial charge on any atom is 0.177 e. The van der Waals surface area contributed by atoms with Gasteiger partial charge in [0.05, 0.1) is 21.3 Å². The number of hydrogen-bond donors (Lipinski definition) is 0. The highest BCUT2D eigenvalue weighted by Gasteiger charge is 2.55. The van der Waals surface area contributed by atoms with Crippen LogP contribution in [0, 0.1) is 5.41 Å². The molecule has 5 nitrogen and oxygen atoms in total. The standard InChI is InChI=1S/C20H18O5/c1-23-13-4-5-14-11(6-13)9-20(18(14)21)10-12-7-16(24-2)17(25-3)8-15(12)19(20)22/h4-8H,9-10H2,1-3H3/t20-/m1/s1. The van der Waals surface area contributed by atoms with Crippen LogP contribution in [0.5, 0.6) is 17.2 Å². The SMILES string of the molecule is COc1ccc2c(c1)C[C@@]1(Cc3cc(OC)c(OC)cc3C1=O)C2=O. The first-order chi connectivity index (χ1) is 12.0. The Bertz CT molecular complexity index is 915. The average molecular weight is 338 g/mol. The summed E-state index contributed by atoms with van der Waals surface area (Å²) in [5.74, 6) is 1.51. The van der Waals surface area contributed by atoms with Gasteiger partial charge in [0, 0.05) is 11.1 Å². The van der Waals surface area contributed by atoms with Gasteiger partial charge in [-0.1, -0.05) is 0 Å². The van der Waals surface area contributed by atoms with Crippen LogP contribution in [-0.4, -0.2) is 32.9 Å². The summed E-state index contributed by atoms with van der Waals surface area (Å²) < 4.78 is 15.9. The lowest BCUT2D eigenvalue weighted by Crippen LogP contribution is -2.34. The third-order valence-corrected chi connectivity index (χ3v) is 5.26. The molecule has 0 radical (unpaired) electrons. The maximum atomic E-state index is 13.2. The summed E-state index contributed by atoms with van der Waals surface area (Å²) >= 11 is 0. The van der Waals surface area contributed by atoms with Crippen LogP contribution in [0.2, 0.25) is 0 Å². The van der Waals surface area contributed by atoms with Crippen LogP contribution < -0.4 is 14.2 Å². The van der Waals surface area contributed by atoms with E-state index in [1.807, 2.05) is 6.07 Å². The molecule has 2 aliphatic carbocycles. The molecule has 0 fully saturated rings. The van der Waals surface area contributed by atoms with Crippen LogP contribution >= 0.6 is 0 Å². The van der Waals surface area contributed by atoms with Gasteiger partial charge in [-0.2, -0.15) is 0 Å². The largest absolute Gasteiger partial charge is 0.497 e. The van der Waals surface area contributed by atoms with E-state index >= 15 is 0 Å². The molecule has 25 heavy (non-hydrogen) atoms. The van der Waals surface area contributed by atoms with E-state index in [4.69, 9.17) is 14.2 Å². The van der Waals surface area contributed by atoms with Crippen molar-refractivity contribution in [2.45, 2.75) is 12.8 Å². The van der Waals surface area contributed by atoms with Crippen molar-refractivity contribution in [3.05, 3.63) is 52.6 Å². The molecule has 0 bridgehead atoms. The number of ether oxygens (including phenoxy) is 3. The van der Waals surface area contributed by atoms with Crippen molar-refractivity contribution in [1.82, 2.24) is 0 Å². The number of methoxy groups -OCH3 is 3. The second-order valence-corrected chi connectivity index (χ2v) is 6.48. The highest BCUT2D eigenvalue weighted by molar-refractivity contribution is 6.25. The average Bonchev–Trinajstić information content (AvgIpc) is 3.07. The predicted octanol–water partition coefficient (Wildman–Crippen LogP) is 2.88. The van der Waals surface area contributed by atoms with E-state index < -0.39 is 5.41 Å². The Hall–Kier alpha value is -2.82. The van der Waals surface area contributed by atoms with E-state index in [1.165, 1.54) is 7.11 Å². The van der Waals surface area contributed by atoms with E-state index in [-0.39, 0.29) is 11.6 Å². The summed E-state index contributed by atoms with van der Waals surface area (Å²) in [6.45, 7) is 0. The molecule has 2 aromatic rings. The number of rotatable bonds is 3. The van der Waals surface area contributed by atoms with Gasteiger partial charge < -0.3 is 14.2 Å². The van der Waals surface area contributed by atoms with Gasteiger partial charge in [0.2, 0.25) is 0 Å². The number of ketones is 2. The molecule has 1 atom stereocenters. The second kappa shape index (κ2) is 5.34. The predicted molar refractivity (Wildman–Crippen MR) is 91.0 cm³/mol. The lowest BCUT2D eigenvalue weighted by molar-refractivity contribution is 0.0705. The smallest absolute Gasteiger partial charge is 0.177 e. The fourth-order valence-corrected chi connectivity index (χ4v) is 4.00. The third kappa shape index (κ3) is 2.02.